The number of esters is 1. The second-order valence-corrected chi connectivity index (χ2v) is 6.46. The number of allylic oxidation sites excluding steroid dienone is 1. The van der Waals surface area contributed by atoms with Crippen molar-refractivity contribution >= 4 is 23.3 Å². The van der Waals surface area contributed by atoms with E-state index < -0.39 is 18.6 Å². The first-order chi connectivity index (χ1) is 13.4. The van der Waals surface area contributed by atoms with Crippen LogP contribution in [0.1, 0.15) is 31.9 Å². The highest BCUT2D eigenvalue weighted by Crippen LogP contribution is 2.36. The van der Waals surface area contributed by atoms with Gasteiger partial charge in [-0.25, -0.2) is 4.79 Å². The molecule has 0 amide bonds. The summed E-state index contributed by atoms with van der Waals surface area (Å²) in [5.74, 6) is -0.598. The van der Waals surface area contributed by atoms with Crippen LogP contribution in [0.3, 0.4) is 0 Å². The molecule has 0 bridgehead atoms. The molecule has 0 saturated heterocycles. The van der Waals surface area contributed by atoms with Gasteiger partial charge in [-0.1, -0.05) is 25.1 Å². The van der Waals surface area contributed by atoms with Crippen molar-refractivity contribution in [3.8, 4) is 5.75 Å². The minimum Gasteiger partial charge on any atom is -0.460 e. The lowest BCUT2D eigenvalue weighted by molar-refractivity contribution is -0.140. The Kier molecular flexibility index (Phi) is 8.13. The lowest BCUT2D eigenvalue weighted by atomic mass is 9.94. The Balaban J connectivity index is 2.49. The Morgan fingerprint density at radius 2 is 2.04 bits per heavy atom. The van der Waals surface area contributed by atoms with Crippen molar-refractivity contribution in [3.05, 3.63) is 41.1 Å². The van der Waals surface area contributed by atoms with Gasteiger partial charge in [0, 0.05) is 24.9 Å². The number of para-hydroxylation sites is 1. The molecule has 1 N–H and O–H groups in total. The quantitative estimate of drug-likeness (QED) is 0.378. The fraction of sp³-hybridized carbons (Fsp3) is 0.474. The molecule has 0 radical (unpaired) electrons. The zero-order valence-corrected chi connectivity index (χ0v) is 16.9. The number of nitrogens with zero attached hydrogens (tertiary/aromatic N) is 1. The number of carbonyl (C=O) groups is 1. The van der Waals surface area contributed by atoms with Crippen LogP contribution >= 0.6 is 12.2 Å². The Bertz CT molecular complexity index is 742. The van der Waals surface area contributed by atoms with E-state index in [0.717, 1.165) is 6.42 Å². The molecule has 1 aliphatic rings. The SMILES string of the molecule is CCCN1C(=S)N[C@H](c2ccccc2OC(F)F)C(C(=O)OCCOC)=C1C. The molecule has 28 heavy (non-hydrogen) atoms. The Hall–Kier alpha value is -2.26. The van der Waals surface area contributed by atoms with Crippen LogP contribution in [0, 0.1) is 0 Å². The maximum Gasteiger partial charge on any atom is 0.387 e. The second kappa shape index (κ2) is 10.3. The van der Waals surface area contributed by atoms with Crippen LogP contribution in [0.4, 0.5) is 8.78 Å². The number of methoxy groups -OCH3 is 1. The molecule has 0 aromatic heterocycles. The normalized spacial score (nSPS) is 17.0. The molecule has 0 aliphatic carbocycles. The number of carbonyl (C=O) groups excluding carboxylic acids is 1. The van der Waals surface area contributed by atoms with Crippen molar-refractivity contribution in [3.63, 3.8) is 0 Å². The first-order valence-corrected chi connectivity index (χ1v) is 9.30. The molecule has 9 heteroatoms. The summed E-state index contributed by atoms with van der Waals surface area (Å²) in [4.78, 5) is 14.6. The van der Waals surface area contributed by atoms with Crippen LogP contribution in [0.2, 0.25) is 0 Å². The zero-order valence-electron chi connectivity index (χ0n) is 16.0. The summed E-state index contributed by atoms with van der Waals surface area (Å²) in [6.07, 6.45) is 0.806. The Morgan fingerprint density at radius 1 is 1.32 bits per heavy atom. The maximum absolute atomic E-state index is 12.9. The van der Waals surface area contributed by atoms with E-state index >= 15 is 0 Å². The van der Waals surface area contributed by atoms with E-state index in [1.807, 2.05) is 6.92 Å². The van der Waals surface area contributed by atoms with Crippen molar-refractivity contribution in [2.45, 2.75) is 32.9 Å². The van der Waals surface area contributed by atoms with Crippen molar-refractivity contribution in [1.82, 2.24) is 10.2 Å². The van der Waals surface area contributed by atoms with Crippen molar-refractivity contribution < 1.29 is 27.8 Å². The van der Waals surface area contributed by atoms with Crippen LogP contribution in [0.5, 0.6) is 5.75 Å². The van der Waals surface area contributed by atoms with Crippen LogP contribution in [0.15, 0.2) is 35.5 Å². The molecule has 6 nitrogen and oxygen atoms in total. The van der Waals surface area contributed by atoms with Gasteiger partial charge in [0.15, 0.2) is 5.11 Å². The van der Waals surface area contributed by atoms with E-state index in [-0.39, 0.29) is 19.0 Å². The van der Waals surface area contributed by atoms with E-state index in [1.165, 1.54) is 13.2 Å². The summed E-state index contributed by atoms with van der Waals surface area (Å²) in [5.41, 5.74) is 1.28. The van der Waals surface area contributed by atoms with E-state index in [4.69, 9.17) is 21.7 Å². The van der Waals surface area contributed by atoms with E-state index in [0.29, 0.717) is 28.5 Å². The smallest absolute Gasteiger partial charge is 0.387 e. The molecule has 1 aliphatic heterocycles. The Morgan fingerprint density at radius 3 is 2.68 bits per heavy atom. The number of nitrogens with one attached hydrogen (secondary N) is 1. The van der Waals surface area contributed by atoms with Gasteiger partial charge in [0.2, 0.25) is 0 Å². The number of thiocarbonyl (C=S) groups is 1. The lowest BCUT2D eigenvalue weighted by Crippen LogP contribution is -2.48. The van der Waals surface area contributed by atoms with Crippen molar-refractivity contribution in [2.75, 3.05) is 26.9 Å². The largest absolute Gasteiger partial charge is 0.460 e. The highest BCUT2D eigenvalue weighted by atomic mass is 32.1. The van der Waals surface area contributed by atoms with Gasteiger partial charge in [0.1, 0.15) is 12.4 Å². The number of ether oxygens (including phenoxy) is 3. The molecule has 1 atom stereocenters. The minimum absolute atomic E-state index is 0.0308. The molecule has 0 fully saturated rings. The molecule has 1 aromatic rings. The molecule has 0 saturated carbocycles. The summed E-state index contributed by atoms with van der Waals surface area (Å²) in [5, 5.41) is 3.48. The summed E-state index contributed by atoms with van der Waals surface area (Å²) in [7, 11) is 1.50. The van der Waals surface area contributed by atoms with Gasteiger partial charge in [-0.2, -0.15) is 8.78 Å². The highest BCUT2D eigenvalue weighted by molar-refractivity contribution is 7.80. The van der Waals surface area contributed by atoms with E-state index in [2.05, 4.69) is 10.1 Å². The van der Waals surface area contributed by atoms with Crippen molar-refractivity contribution in [2.24, 2.45) is 0 Å². The predicted molar refractivity (Wildman–Crippen MR) is 104 cm³/mol. The number of rotatable bonds is 9. The highest BCUT2D eigenvalue weighted by Gasteiger charge is 2.36. The summed E-state index contributed by atoms with van der Waals surface area (Å²) in [6, 6.07) is 5.53. The number of halogens is 2. The van der Waals surface area contributed by atoms with Gasteiger partial charge >= 0.3 is 12.6 Å². The van der Waals surface area contributed by atoms with Gasteiger partial charge in [0.25, 0.3) is 0 Å². The zero-order chi connectivity index (χ0) is 20.7. The van der Waals surface area contributed by atoms with Crippen molar-refractivity contribution in [1.29, 1.82) is 0 Å². The Labute approximate surface area is 168 Å². The van der Waals surface area contributed by atoms with Crippen LogP contribution < -0.4 is 10.1 Å². The molecular weight excluding hydrogens is 390 g/mol. The fourth-order valence-corrected chi connectivity index (χ4v) is 3.34. The lowest BCUT2D eigenvalue weighted by Gasteiger charge is -2.37. The average molecular weight is 414 g/mol. The van der Waals surface area contributed by atoms with Gasteiger partial charge in [-0.3, -0.25) is 0 Å². The molecule has 154 valence electrons. The van der Waals surface area contributed by atoms with Gasteiger partial charge in [-0.05, 0) is 31.6 Å². The van der Waals surface area contributed by atoms with Gasteiger partial charge in [0.05, 0.1) is 18.2 Å². The number of hydrogen-bond acceptors (Lipinski definition) is 5. The maximum atomic E-state index is 12.9. The van der Waals surface area contributed by atoms with Crippen LogP contribution in [-0.2, 0) is 14.3 Å². The third kappa shape index (κ3) is 5.17. The molecule has 0 spiro atoms. The molecule has 0 unspecified atom stereocenters. The molecule has 1 heterocycles. The van der Waals surface area contributed by atoms with Gasteiger partial charge in [-0.15, -0.1) is 0 Å². The van der Waals surface area contributed by atoms with E-state index in [9.17, 15) is 13.6 Å². The summed E-state index contributed by atoms with van der Waals surface area (Å²) >= 11 is 5.44. The average Bonchev–Trinajstić information content (AvgIpc) is 2.64. The van der Waals surface area contributed by atoms with Crippen LogP contribution in [-0.4, -0.2) is 49.5 Å². The standard InChI is InChI=1S/C19H24F2N2O4S/c1-4-9-23-12(2)15(17(24)26-11-10-25-3)16(22-19(23)28)13-7-5-6-8-14(13)27-18(20)21/h5-8,16,18H,4,9-11H2,1-3H3,(H,22,28)/t16-/m1/s1. The molecule has 1 aromatic carbocycles. The van der Waals surface area contributed by atoms with E-state index in [1.54, 1.807) is 30.0 Å². The third-order valence-electron chi connectivity index (χ3n) is 4.23. The summed E-state index contributed by atoms with van der Waals surface area (Å²) < 4.78 is 40.6. The first-order valence-electron chi connectivity index (χ1n) is 8.89. The van der Waals surface area contributed by atoms with Gasteiger partial charge < -0.3 is 24.4 Å². The molecular formula is C19H24F2N2O4S. The second-order valence-electron chi connectivity index (χ2n) is 6.08. The first kappa shape index (κ1) is 22.0. The number of benzene rings is 1. The van der Waals surface area contributed by atoms with Crippen LogP contribution in [0.25, 0.3) is 0 Å². The third-order valence-corrected chi connectivity index (χ3v) is 4.57. The topological polar surface area (TPSA) is 60.0 Å². The summed E-state index contributed by atoms with van der Waals surface area (Å²) in [6.45, 7) is 1.69. The fourth-order valence-electron chi connectivity index (χ4n) is 2.99. The number of hydrogen-bond donors (Lipinski definition) is 1. The minimum atomic E-state index is -2.99. The monoisotopic (exact) mass is 414 g/mol. The number of alkyl halides is 2. The predicted octanol–water partition coefficient (Wildman–Crippen LogP) is 3.39. The molecule has 2 rings (SSSR count).